The Morgan fingerprint density at radius 2 is 1.73 bits per heavy atom. The summed E-state index contributed by atoms with van der Waals surface area (Å²) in [5, 5.41) is 6.79. The van der Waals surface area contributed by atoms with Crippen LogP contribution >= 0.6 is 0 Å². The Bertz CT molecular complexity index is 241. The van der Waals surface area contributed by atoms with Crippen LogP contribution in [0.2, 0.25) is 0 Å². The van der Waals surface area contributed by atoms with E-state index in [1.165, 1.54) is 36.6 Å². The first-order chi connectivity index (χ1) is 7.31. The van der Waals surface area contributed by atoms with Crippen LogP contribution in [0, 0.1) is 6.04 Å². The molecule has 1 aliphatic carbocycles. The van der Waals surface area contributed by atoms with Crippen LogP contribution in [0.25, 0.3) is 0 Å². The molecule has 2 heteroatoms. The SMILES string of the molecule is CCCCC1=C[C](NCC)C(NCC)=C1. The van der Waals surface area contributed by atoms with E-state index in [-0.39, 0.29) is 0 Å². The predicted molar refractivity (Wildman–Crippen MR) is 66.3 cm³/mol. The summed E-state index contributed by atoms with van der Waals surface area (Å²) in [5.41, 5.74) is 2.70. The van der Waals surface area contributed by atoms with Gasteiger partial charge in [-0.1, -0.05) is 26.3 Å². The first-order valence-electron chi connectivity index (χ1n) is 6.09. The van der Waals surface area contributed by atoms with Crippen molar-refractivity contribution in [2.75, 3.05) is 13.1 Å². The topological polar surface area (TPSA) is 24.1 Å². The Hall–Kier alpha value is -0.760. The lowest BCUT2D eigenvalue weighted by Crippen LogP contribution is -2.26. The Labute approximate surface area is 93.8 Å². The summed E-state index contributed by atoms with van der Waals surface area (Å²) in [6.45, 7) is 8.47. The molecule has 1 radical (unpaired) electrons. The molecule has 1 rings (SSSR count). The molecule has 0 aromatic rings. The maximum Gasteiger partial charge on any atom is 0.105 e. The summed E-state index contributed by atoms with van der Waals surface area (Å²) < 4.78 is 0. The van der Waals surface area contributed by atoms with Gasteiger partial charge in [0.05, 0.1) is 0 Å². The molecule has 0 aromatic carbocycles. The molecule has 2 N–H and O–H groups in total. The minimum Gasteiger partial charge on any atom is -0.387 e. The van der Waals surface area contributed by atoms with E-state index in [4.69, 9.17) is 0 Å². The van der Waals surface area contributed by atoms with Crippen LogP contribution in [0.1, 0.15) is 40.0 Å². The van der Waals surface area contributed by atoms with Crippen molar-refractivity contribution in [1.82, 2.24) is 10.6 Å². The van der Waals surface area contributed by atoms with Gasteiger partial charge in [-0.15, -0.1) is 0 Å². The zero-order valence-corrected chi connectivity index (χ0v) is 10.2. The second kappa shape index (κ2) is 6.67. The van der Waals surface area contributed by atoms with E-state index in [2.05, 4.69) is 43.6 Å². The van der Waals surface area contributed by atoms with E-state index in [1.807, 2.05) is 0 Å². The summed E-state index contributed by atoms with van der Waals surface area (Å²) in [7, 11) is 0. The monoisotopic (exact) mass is 207 g/mol. The Morgan fingerprint density at radius 1 is 1.00 bits per heavy atom. The first kappa shape index (κ1) is 12.3. The van der Waals surface area contributed by atoms with Gasteiger partial charge in [0.15, 0.2) is 0 Å². The van der Waals surface area contributed by atoms with Crippen molar-refractivity contribution in [2.24, 2.45) is 0 Å². The third-order valence-corrected chi connectivity index (χ3v) is 2.50. The second-order valence-corrected chi connectivity index (χ2v) is 3.86. The van der Waals surface area contributed by atoms with Crippen LogP contribution < -0.4 is 10.6 Å². The average molecular weight is 207 g/mol. The normalized spacial score (nSPS) is 16.5. The molecule has 0 aliphatic heterocycles. The molecule has 15 heavy (non-hydrogen) atoms. The molecular formula is C13H23N2. The van der Waals surface area contributed by atoms with Crippen LogP contribution in [0.5, 0.6) is 0 Å². The molecule has 0 amide bonds. The highest BCUT2D eigenvalue weighted by molar-refractivity contribution is 5.46. The summed E-state index contributed by atoms with van der Waals surface area (Å²) in [6, 6.07) is 1.26. The number of likely N-dealkylation sites (N-methyl/N-ethyl adjacent to an activating group) is 2. The Morgan fingerprint density at radius 3 is 2.33 bits per heavy atom. The smallest absolute Gasteiger partial charge is 0.105 e. The number of allylic oxidation sites excluding steroid dienone is 2. The van der Waals surface area contributed by atoms with Gasteiger partial charge in [0.2, 0.25) is 0 Å². The van der Waals surface area contributed by atoms with E-state index >= 15 is 0 Å². The lowest BCUT2D eigenvalue weighted by atomic mass is 10.1. The number of nitrogens with one attached hydrogen (secondary N) is 2. The fraction of sp³-hybridized carbons (Fsp3) is 0.615. The van der Waals surface area contributed by atoms with E-state index in [1.54, 1.807) is 0 Å². The van der Waals surface area contributed by atoms with Crippen molar-refractivity contribution >= 4 is 0 Å². The molecular weight excluding hydrogens is 184 g/mol. The van der Waals surface area contributed by atoms with Gasteiger partial charge in [0.1, 0.15) is 6.04 Å². The molecule has 0 spiro atoms. The highest BCUT2D eigenvalue weighted by Crippen LogP contribution is 2.25. The standard InChI is InChI=1S/C13H23N2/c1-4-7-8-11-9-12(14-5-2)13(10-11)15-6-3/h9-10,14-15H,4-8H2,1-3H3. The molecule has 0 unspecified atom stereocenters. The van der Waals surface area contributed by atoms with Crippen LogP contribution in [0.15, 0.2) is 23.4 Å². The summed E-state index contributed by atoms with van der Waals surface area (Å²) >= 11 is 0. The van der Waals surface area contributed by atoms with Crippen LogP contribution in [-0.4, -0.2) is 13.1 Å². The van der Waals surface area contributed by atoms with Gasteiger partial charge in [-0.3, -0.25) is 0 Å². The molecule has 0 bridgehead atoms. The van der Waals surface area contributed by atoms with Gasteiger partial charge in [-0.25, -0.2) is 0 Å². The molecule has 0 saturated heterocycles. The summed E-state index contributed by atoms with van der Waals surface area (Å²) in [4.78, 5) is 0. The van der Waals surface area contributed by atoms with Gasteiger partial charge in [0.25, 0.3) is 0 Å². The number of hydrogen-bond acceptors (Lipinski definition) is 2. The molecule has 0 saturated carbocycles. The quantitative estimate of drug-likeness (QED) is 0.671. The third kappa shape index (κ3) is 3.71. The predicted octanol–water partition coefficient (Wildman–Crippen LogP) is 2.75. The molecule has 0 fully saturated rings. The van der Waals surface area contributed by atoms with Gasteiger partial charge in [0, 0.05) is 12.2 Å². The first-order valence-corrected chi connectivity index (χ1v) is 6.09. The molecule has 0 aromatic heterocycles. The Balaban J connectivity index is 2.54. The van der Waals surface area contributed by atoms with Crippen molar-refractivity contribution in [3.63, 3.8) is 0 Å². The number of unbranched alkanes of at least 4 members (excludes halogenated alkanes) is 1. The van der Waals surface area contributed by atoms with Gasteiger partial charge >= 0.3 is 0 Å². The minimum atomic E-state index is 0.982. The zero-order chi connectivity index (χ0) is 11.1. The van der Waals surface area contributed by atoms with Crippen molar-refractivity contribution in [3.05, 3.63) is 29.5 Å². The highest BCUT2D eigenvalue weighted by Gasteiger charge is 2.17. The second-order valence-electron chi connectivity index (χ2n) is 3.86. The third-order valence-electron chi connectivity index (χ3n) is 2.50. The van der Waals surface area contributed by atoms with E-state index in [9.17, 15) is 0 Å². The summed E-state index contributed by atoms with van der Waals surface area (Å²) in [6.07, 6.45) is 8.29. The van der Waals surface area contributed by atoms with E-state index in [0.29, 0.717) is 0 Å². The lowest BCUT2D eigenvalue weighted by molar-refractivity contribution is 0.739. The Kier molecular flexibility index (Phi) is 5.48. The lowest BCUT2D eigenvalue weighted by Gasteiger charge is -2.13. The van der Waals surface area contributed by atoms with Crippen molar-refractivity contribution < 1.29 is 0 Å². The van der Waals surface area contributed by atoms with Crippen molar-refractivity contribution in [1.29, 1.82) is 0 Å². The van der Waals surface area contributed by atoms with E-state index in [0.717, 1.165) is 13.1 Å². The molecule has 0 atom stereocenters. The zero-order valence-electron chi connectivity index (χ0n) is 10.2. The molecule has 0 heterocycles. The largest absolute Gasteiger partial charge is 0.387 e. The fourth-order valence-electron chi connectivity index (χ4n) is 1.77. The maximum atomic E-state index is 3.40. The van der Waals surface area contributed by atoms with Crippen molar-refractivity contribution in [3.8, 4) is 0 Å². The van der Waals surface area contributed by atoms with Crippen LogP contribution in [-0.2, 0) is 0 Å². The fourth-order valence-corrected chi connectivity index (χ4v) is 1.77. The number of rotatable bonds is 7. The van der Waals surface area contributed by atoms with Gasteiger partial charge in [-0.2, -0.15) is 0 Å². The average Bonchev–Trinajstić information content (AvgIpc) is 2.59. The molecule has 85 valence electrons. The highest BCUT2D eigenvalue weighted by atomic mass is 15.0. The van der Waals surface area contributed by atoms with Gasteiger partial charge < -0.3 is 10.6 Å². The van der Waals surface area contributed by atoms with Crippen LogP contribution in [0.4, 0.5) is 0 Å². The maximum absolute atomic E-state index is 3.40. The molecule has 1 aliphatic rings. The van der Waals surface area contributed by atoms with Gasteiger partial charge in [-0.05, 0) is 38.0 Å². The van der Waals surface area contributed by atoms with Crippen LogP contribution in [0.3, 0.4) is 0 Å². The minimum absolute atomic E-state index is 0.982. The summed E-state index contributed by atoms with van der Waals surface area (Å²) in [5.74, 6) is 0. The molecule has 2 nitrogen and oxygen atoms in total. The number of hydrogen-bond donors (Lipinski definition) is 2. The van der Waals surface area contributed by atoms with Crippen molar-refractivity contribution in [2.45, 2.75) is 40.0 Å². The van der Waals surface area contributed by atoms with E-state index < -0.39 is 0 Å².